The number of fused-ring (bicyclic) bond motifs is 1. The van der Waals surface area contributed by atoms with Gasteiger partial charge in [-0.1, -0.05) is 12.1 Å². The molecule has 0 bridgehead atoms. The number of methoxy groups -OCH3 is 1. The highest BCUT2D eigenvalue weighted by atomic mass is 19.1. The number of rotatable bonds is 6. The predicted octanol–water partition coefficient (Wildman–Crippen LogP) is 4.35. The summed E-state index contributed by atoms with van der Waals surface area (Å²) in [5.41, 5.74) is 3.80. The number of nitrogens with one attached hydrogen (secondary N) is 1. The molecule has 42 heavy (non-hydrogen) atoms. The summed E-state index contributed by atoms with van der Waals surface area (Å²) in [4.78, 5) is 31.9. The van der Waals surface area contributed by atoms with Gasteiger partial charge in [-0.25, -0.2) is 9.18 Å². The van der Waals surface area contributed by atoms with Crippen molar-refractivity contribution in [3.05, 3.63) is 59.4 Å². The second kappa shape index (κ2) is 12.9. The molecule has 1 N–H and O–H groups in total. The van der Waals surface area contributed by atoms with Crippen LogP contribution in [-0.4, -0.2) is 76.9 Å². The van der Waals surface area contributed by atoms with E-state index in [4.69, 9.17) is 14.2 Å². The molecule has 0 aliphatic carbocycles. The fraction of sp³-hybridized carbons (Fsp3) is 0.484. The van der Waals surface area contributed by atoms with Gasteiger partial charge < -0.3 is 28.8 Å². The van der Waals surface area contributed by atoms with Gasteiger partial charge in [0.15, 0.2) is 6.10 Å². The minimum Gasteiger partial charge on any atom is -0.444 e. The van der Waals surface area contributed by atoms with E-state index in [2.05, 4.69) is 10.3 Å². The molecule has 2 aromatic heterocycles. The first kappa shape index (κ1) is 30.9. The average Bonchev–Trinajstić information content (AvgIpc) is 3.33. The zero-order valence-corrected chi connectivity index (χ0v) is 24.9. The molecule has 0 saturated carbocycles. The molecule has 0 radical (unpaired) electrons. The summed E-state index contributed by atoms with van der Waals surface area (Å²) >= 11 is 0. The average molecular weight is 580 g/mol. The molecule has 1 aliphatic heterocycles. The van der Waals surface area contributed by atoms with Crippen molar-refractivity contribution in [2.75, 3.05) is 26.8 Å². The van der Waals surface area contributed by atoms with Gasteiger partial charge in [-0.2, -0.15) is 5.26 Å². The number of nitrogens with zero attached hydrogens (tertiary/aromatic N) is 4. The first-order valence-corrected chi connectivity index (χ1v) is 13.9. The van der Waals surface area contributed by atoms with Gasteiger partial charge in [0, 0.05) is 38.0 Å². The Bertz CT molecular complexity index is 1490. The Kier molecular flexibility index (Phi) is 9.49. The Balaban J connectivity index is 1.46. The highest BCUT2D eigenvalue weighted by molar-refractivity contribution is 5.82. The largest absolute Gasteiger partial charge is 0.444 e. The molecule has 10 nitrogen and oxygen atoms in total. The highest BCUT2D eigenvalue weighted by Crippen LogP contribution is 2.26. The molecule has 11 heteroatoms. The number of nitriles is 1. The smallest absolute Gasteiger partial charge is 0.410 e. The van der Waals surface area contributed by atoms with Crippen LogP contribution in [0.1, 0.15) is 44.1 Å². The Labute approximate surface area is 245 Å². The summed E-state index contributed by atoms with van der Waals surface area (Å²) in [5, 5.41) is 12.4. The van der Waals surface area contributed by atoms with Gasteiger partial charge in [0.25, 0.3) is 5.91 Å². The van der Waals surface area contributed by atoms with Crippen molar-refractivity contribution in [3.8, 4) is 17.2 Å². The van der Waals surface area contributed by atoms with E-state index in [1.165, 1.54) is 18.1 Å². The molecule has 3 aromatic rings. The zero-order chi connectivity index (χ0) is 30.6. The second-order valence-corrected chi connectivity index (χ2v) is 11.6. The lowest BCUT2D eigenvalue weighted by Gasteiger charge is -2.33. The first-order chi connectivity index (χ1) is 19.9. The maximum Gasteiger partial charge on any atom is 0.410 e. The first-order valence-electron chi connectivity index (χ1n) is 13.9. The summed E-state index contributed by atoms with van der Waals surface area (Å²) in [6.45, 7) is 9.53. The third kappa shape index (κ3) is 7.63. The summed E-state index contributed by atoms with van der Waals surface area (Å²) < 4.78 is 33.9. The molecule has 1 aliphatic rings. The number of aromatic nitrogens is 2. The van der Waals surface area contributed by atoms with Crippen LogP contribution in [0.15, 0.2) is 36.7 Å². The molecule has 3 heterocycles. The van der Waals surface area contributed by atoms with Crippen molar-refractivity contribution in [1.82, 2.24) is 19.6 Å². The van der Waals surface area contributed by atoms with Crippen LogP contribution in [0, 0.1) is 31.0 Å². The lowest BCUT2D eigenvalue weighted by Crippen LogP contribution is -2.52. The van der Waals surface area contributed by atoms with Crippen molar-refractivity contribution in [2.24, 2.45) is 0 Å². The van der Waals surface area contributed by atoms with Crippen LogP contribution in [0.4, 0.5) is 9.18 Å². The molecule has 4 rings (SSSR count). The maximum absolute atomic E-state index is 15.2. The molecule has 224 valence electrons. The number of carbonyl (C=O) groups is 2. The van der Waals surface area contributed by atoms with E-state index in [1.807, 2.05) is 42.8 Å². The van der Waals surface area contributed by atoms with Gasteiger partial charge in [0.05, 0.1) is 42.2 Å². The summed E-state index contributed by atoms with van der Waals surface area (Å²) in [6, 6.07) is 7.82. The minimum atomic E-state index is -1.07. The standard InChI is InChI=1S/C31H38FN5O5/c1-19-15-37-16-23(13-27(37)20(2)34-19)21-7-8-22(26(32)12-21)11-24(14-33)35-29(38)28-17-36(30(39)42-31(3,4)5)10-9-25(40-6)18-41-28/h7-8,12-13,15-16,24-25,28H,9-11,17-18H2,1-6H3,(H,35,38)/t24-,25+,28-/m0/s1. The lowest BCUT2D eigenvalue weighted by atomic mass is 10.0. The highest BCUT2D eigenvalue weighted by Gasteiger charge is 2.32. The van der Waals surface area contributed by atoms with Crippen LogP contribution < -0.4 is 5.32 Å². The summed E-state index contributed by atoms with van der Waals surface area (Å²) in [5.74, 6) is -1.06. The number of aryl methyl sites for hydroxylation is 2. The predicted molar refractivity (Wildman–Crippen MR) is 154 cm³/mol. The molecular weight excluding hydrogens is 541 g/mol. The third-order valence-corrected chi connectivity index (χ3v) is 7.04. The molecule has 3 atom stereocenters. The zero-order valence-electron chi connectivity index (χ0n) is 24.9. The quantitative estimate of drug-likeness (QED) is 0.461. The van der Waals surface area contributed by atoms with Gasteiger partial charge in [0.2, 0.25) is 0 Å². The number of hydrogen-bond acceptors (Lipinski definition) is 7. The van der Waals surface area contributed by atoms with Crippen molar-refractivity contribution in [2.45, 2.75) is 71.3 Å². The van der Waals surface area contributed by atoms with Crippen molar-refractivity contribution in [3.63, 3.8) is 0 Å². The summed E-state index contributed by atoms with van der Waals surface area (Å²) in [6.07, 6.45) is 2.34. The normalized spacial score (nSPS) is 18.6. The van der Waals surface area contributed by atoms with Crippen LogP contribution in [0.3, 0.4) is 0 Å². The van der Waals surface area contributed by atoms with Gasteiger partial charge in [-0.15, -0.1) is 0 Å². The number of ether oxygens (including phenoxy) is 3. The Hall–Kier alpha value is -4.01. The number of halogens is 1. The van der Waals surface area contributed by atoms with Gasteiger partial charge >= 0.3 is 6.09 Å². The van der Waals surface area contributed by atoms with E-state index >= 15 is 4.39 Å². The van der Waals surface area contributed by atoms with Crippen LogP contribution in [0.5, 0.6) is 0 Å². The number of amides is 2. The number of benzene rings is 1. The topological polar surface area (TPSA) is 118 Å². The number of carbonyl (C=O) groups excluding carboxylic acids is 2. The maximum atomic E-state index is 15.2. The monoisotopic (exact) mass is 579 g/mol. The fourth-order valence-corrected chi connectivity index (χ4v) is 4.88. The van der Waals surface area contributed by atoms with E-state index < -0.39 is 35.6 Å². The van der Waals surface area contributed by atoms with Crippen LogP contribution in [0.2, 0.25) is 0 Å². The van der Waals surface area contributed by atoms with E-state index in [-0.39, 0.29) is 31.2 Å². The minimum absolute atomic E-state index is 0.0441. The SMILES string of the molecule is CO[C@@H]1CCN(C(=O)OC(C)(C)C)C[C@@H](C(=O)N[C@H](C#N)Cc2ccc(-c3cc4c(C)nc(C)cn4c3)cc2F)OC1. The van der Waals surface area contributed by atoms with Gasteiger partial charge in [-0.05, 0) is 64.3 Å². The summed E-state index contributed by atoms with van der Waals surface area (Å²) in [7, 11) is 1.53. The molecule has 0 spiro atoms. The Morgan fingerprint density at radius 3 is 2.67 bits per heavy atom. The molecule has 0 unspecified atom stereocenters. The molecule has 1 fully saturated rings. The molecule has 2 amide bonds. The van der Waals surface area contributed by atoms with Crippen molar-refractivity contribution >= 4 is 17.5 Å². The van der Waals surface area contributed by atoms with E-state index in [0.717, 1.165) is 22.5 Å². The lowest BCUT2D eigenvalue weighted by molar-refractivity contribution is -0.139. The van der Waals surface area contributed by atoms with E-state index in [0.29, 0.717) is 18.5 Å². The van der Waals surface area contributed by atoms with Gasteiger partial charge in [0.1, 0.15) is 17.5 Å². The van der Waals surface area contributed by atoms with E-state index in [1.54, 1.807) is 32.9 Å². The molecule has 1 saturated heterocycles. The Morgan fingerprint density at radius 2 is 2.00 bits per heavy atom. The van der Waals surface area contributed by atoms with Gasteiger partial charge in [-0.3, -0.25) is 9.78 Å². The molecule has 1 aromatic carbocycles. The molecular formula is C31H38FN5O5. The fourth-order valence-electron chi connectivity index (χ4n) is 4.88. The van der Waals surface area contributed by atoms with Crippen LogP contribution in [0.25, 0.3) is 16.6 Å². The number of hydrogen-bond donors (Lipinski definition) is 1. The van der Waals surface area contributed by atoms with Crippen LogP contribution >= 0.6 is 0 Å². The second-order valence-electron chi connectivity index (χ2n) is 11.6. The Morgan fingerprint density at radius 1 is 1.24 bits per heavy atom. The van der Waals surface area contributed by atoms with E-state index in [9.17, 15) is 14.9 Å². The van der Waals surface area contributed by atoms with Crippen LogP contribution in [-0.2, 0) is 25.4 Å². The van der Waals surface area contributed by atoms with Crippen molar-refractivity contribution in [1.29, 1.82) is 5.26 Å². The van der Waals surface area contributed by atoms with Crippen molar-refractivity contribution < 1.29 is 28.2 Å². The third-order valence-electron chi connectivity index (χ3n) is 7.04.